The number of aliphatic carboxylic acids is 1. The van der Waals surface area contributed by atoms with Crippen molar-refractivity contribution in [3.8, 4) is 16.9 Å². The highest BCUT2D eigenvalue weighted by Gasteiger charge is 2.33. The molecule has 7 nitrogen and oxygen atoms in total. The van der Waals surface area contributed by atoms with E-state index in [1.54, 1.807) is 7.05 Å². The monoisotopic (exact) mass is 408 g/mol. The number of hydrogen-bond donors (Lipinski definition) is 1. The van der Waals surface area contributed by atoms with Gasteiger partial charge in [-0.1, -0.05) is 0 Å². The van der Waals surface area contributed by atoms with Crippen molar-refractivity contribution in [2.75, 3.05) is 0 Å². The van der Waals surface area contributed by atoms with E-state index in [-0.39, 0.29) is 22.0 Å². The molecule has 0 atom stereocenters. The van der Waals surface area contributed by atoms with Gasteiger partial charge in [-0.25, -0.2) is 9.07 Å². The lowest BCUT2D eigenvalue weighted by Crippen LogP contribution is -2.18. The van der Waals surface area contributed by atoms with E-state index in [2.05, 4.69) is 14.9 Å². The lowest BCUT2D eigenvalue weighted by atomic mass is 9.99. The highest BCUT2D eigenvalue weighted by atomic mass is 19.4. The molecule has 0 saturated carbocycles. The normalized spacial score (nSPS) is 12.0. The molecule has 0 aliphatic rings. The number of benzene rings is 2. The number of ether oxygens (including phenoxy) is 1. The molecule has 29 heavy (non-hydrogen) atoms. The van der Waals surface area contributed by atoms with E-state index < -0.39 is 30.4 Å². The van der Waals surface area contributed by atoms with Crippen LogP contribution in [0.4, 0.5) is 17.6 Å². The average molecular weight is 408 g/mol. The number of halogens is 4. The number of fused-ring (bicyclic) bond motifs is 2. The first kappa shape index (κ1) is 18.7. The first-order valence-corrected chi connectivity index (χ1v) is 8.22. The molecule has 0 saturated heterocycles. The fourth-order valence-corrected chi connectivity index (χ4v) is 3.24. The summed E-state index contributed by atoms with van der Waals surface area (Å²) in [6, 6.07) is 5.07. The fourth-order valence-electron chi connectivity index (χ4n) is 3.24. The maximum absolute atomic E-state index is 14.8. The zero-order valence-corrected chi connectivity index (χ0v) is 14.7. The molecule has 4 rings (SSSR count). The van der Waals surface area contributed by atoms with Crippen molar-refractivity contribution < 1.29 is 32.2 Å². The summed E-state index contributed by atoms with van der Waals surface area (Å²) in [5.41, 5.74) is 0.765. The molecule has 0 radical (unpaired) electrons. The van der Waals surface area contributed by atoms with Crippen molar-refractivity contribution in [2.45, 2.75) is 12.9 Å². The number of alkyl halides is 3. The van der Waals surface area contributed by atoms with Gasteiger partial charge in [-0.15, -0.1) is 13.2 Å². The second-order valence-electron chi connectivity index (χ2n) is 6.28. The smallest absolute Gasteiger partial charge is 0.480 e. The van der Waals surface area contributed by atoms with Crippen LogP contribution in [0, 0.1) is 5.82 Å². The van der Waals surface area contributed by atoms with Crippen LogP contribution in [0.5, 0.6) is 5.75 Å². The number of nitrogens with zero attached hydrogens (tertiary/aromatic N) is 4. The van der Waals surface area contributed by atoms with Crippen molar-refractivity contribution in [3.63, 3.8) is 0 Å². The average Bonchev–Trinajstić information content (AvgIpc) is 3.18. The van der Waals surface area contributed by atoms with Crippen LogP contribution in [0.2, 0.25) is 0 Å². The van der Waals surface area contributed by atoms with E-state index in [0.29, 0.717) is 10.9 Å². The van der Waals surface area contributed by atoms with Crippen molar-refractivity contribution in [2.24, 2.45) is 7.05 Å². The summed E-state index contributed by atoms with van der Waals surface area (Å²) in [6.45, 7) is -0.690. The first-order valence-electron chi connectivity index (χ1n) is 8.22. The molecule has 0 spiro atoms. The minimum Gasteiger partial charge on any atom is -0.480 e. The maximum Gasteiger partial charge on any atom is 0.573 e. The molecule has 2 aromatic heterocycles. The third-order valence-corrected chi connectivity index (χ3v) is 4.40. The molecular formula is C18H12F4N4O3. The van der Waals surface area contributed by atoms with Crippen molar-refractivity contribution in [1.29, 1.82) is 0 Å². The number of aromatic nitrogens is 4. The summed E-state index contributed by atoms with van der Waals surface area (Å²) >= 11 is 0. The van der Waals surface area contributed by atoms with Crippen LogP contribution in [0.1, 0.15) is 0 Å². The molecule has 0 unspecified atom stereocenters. The van der Waals surface area contributed by atoms with Crippen LogP contribution in [0.15, 0.2) is 36.7 Å². The van der Waals surface area contributed by atoms with Gasteiger partial charge in [0.2, 0.25) is 0 Å². The Balaban J connectivity index is 1.98. The standard InChI is InChI=1S/C18H12F4N4O3/c1-25-14-5-11(13(19)4-9(14)6-23-25)10-2-3-15(29-18(20,21)22)17-12(10)7-24-26(17)8-16(27)28/h2-7H,8H2,1H3,(H,27,28). The molecule has 0 aliphatic heterocycles. The van der Waals surface area contributed by atoms with Gasteiger partial charge >= 0.3 is 12.3 Å². The summed E-state index contributed by atoms with van der Waals surface area (Å²) in [5, 5.41) is 17.6. The summed E-state index contributed by atoms with van der Waals surface area (Å²) in [7, 11) is 1.67. The first-order chi connectivity index (χ1) is 13.6. The van der Waals surface area contributed by atoms with Gasteiger partial charge in [0.1, 0.15) is 17.9 Å². The van der Waals surface area contributed by atoms with Gasteiger partial charge in [0.05, 0.1) is 17.9 Å². The Kier molecular flexibility index (Phi) is 4.17. The lowest BCUT2D eigenvalue weighted by molar-refractivity contribution is -0.274. The Morgan fingerprint density at radius 2 is 1.93 bits per heavy atom. The second kappa shape index (κ2) is 6.47. The number of hydrogen-bond acceptors (Lipinski definition) is 4. The van der Waals surface area contributed by atoms with E-state index in [4.69, 9.17) is 5.11 Å². The van der Waals surface area contributed by atoms with E-state index in [1.807, 2.05) is 0 Å². The zero-order valence-electron chi connectivity index (χ0n) is 14.7. The largest absolute Gasteiger partial charge is 0.573 e. The van der Waals surface area contributed by atoms with E-state index in [9.17, 15) is 22.4 Å². The Hall–Kier alpha value is -3.63. The third kappa shape index (κ3) is 3.35. The molecule has 1 N–H and O–H groups in total. The molecule has 0 fully saturated rings. The SMILES string of the molecule is Cn1ncc2cc(F)c(-c3ccc(OC(F)(F)F)c4c3cnn4CC(=O)O)cc21. The number of carboxylic acid groups (broad SMARTS) is 1. The van der Waals surface area contributed by atoms with E-state index in [1.165, 1.54) is 35.3 Å². The van der Waals surface area contributed by atoms with Gasteiger partial charge in [-0.05, 0) is 29.8 Å². The van der Waals surface area contributed by atoms with Crippen LogP contribution in [-0.4, -0.2) is 37.0 Å². The number of aryl methyl sites for hydroxylation is 1. The molecule has 0 amide bonds. The number of rotatable bonds is 4. The minimum absolute atomic E-state index is 0.111. The summed E-state index contributed by atoms with van der Waals surface area (Å²) in [5.74, 6) is -2.54. The molecule has 150 valence electrons. The quantitative estimate of drug-likeness (QED) is 0.521. The summed E-state index contributed by atoms with van der Waals surface area (Å²) in [6.07, 6.45) is -2.32. The van der Waals surface area contributed by atoms with E-state index in [0.717, 1.165) is 10.7 Å². The van der Waals surface area contributed by atoms with Gasteiger partial charge in [-0.2, -0.15) is 10.2 Å². The molecule has 11 heteroatoms. The van der Waals surface area contributed by atoms with Crippen LogP contribution < -0.4 is 4.74 Å². The Morgan fingerprint density at radius 3 is 2.62 bits per heavy atom. The van der Waals surface area contributed by atoms with Crippen LogP contribution in [-0.2, 0) is 18.4 Å². The highest BCUT2D eigenvalue weighted by molar-refractivity contribution is 6.00. The molecule has 0 aliphatic carbocycles. The molecule has 2 aromatic carbocycles. The Morgan fingerprint density at radius 1 is 1.17 bits per heavy atom. The summed E-state index contributed by atoms with van der Waals surface area (Å²) in [4.78, 5) is 11.1. The fraction of sp³-hybridized carbons (Fsp3) is 0.167. The van der Waals surface area contributed by atoms with Gasteiger partial charge in [-0.3, -0.25) is 9.48 Å². The molecule has 0 bridgehead atoms. The maximum atomic E-state index is 14.8. The lowest BCUT2D eigenvalue weighted by Gasteiger charge is -2.13. The van der Waals surface area contributed by atoms with Crippen LogP contribution in [0.25, 0.3) is 32.9 Å². The van der Waals surface area contributed by atoms with Crippen molar-refractivity contribution in [1.82, 2.24) is 19.6 Å². The van der Waals surface area contributed by atoms with Crippen LogP contribution in [0.3, 0.4) is 0 Å². The number of carboxylic acids is 1. The third-order valence-electron chi connectivity index (χ3n) is 4.40. The Labute approximate surface area is 159 Å². The van der Waals surface area contributed by atoms with Gasteiger partial charge in [0, 0.05) is 23.4 Å². The highest BCUT2D eigenvalue weighted by Crippen LogP contribution is 2.38. The molecule has 2 heterocycles. The van der Waals surface area contributed by atoms with Crippen LogP contribution >= 0.6 is 0 Å². The topological polar surface area (TPSA) is 82.2 Å². The molecular weight excluding hydrogens is 396 g/mol. The predicted molar refractivity (Wildman–Crippen MR) is 93.7 cm³/mol. The predicted octanol–water partition coefficient (Wildman–Crippen LogP) is 3.71. The van der Waals surface area contributed by atoms with E-state index >= 15 is 0 Å². The Bertz CT molecular complexity index is 1260. The van der Waals surface area contributed by atoms with Crippen molar-refractivity contribution >= 4 is 27.8 Å². The minimum atomic E-state index is -4.99. The molecule has 4 aromatic rings. The number of carbonyl (C=O) groups is 1. The van der Waals surface area contributed by atoms with Gasteiger partial charge < -0.3 is 9.84 Å². The van der Waals surface area contributed by atoms with Gasteiger partial charge in [0.25, 0.3) is 0 Å². The van der Waals surface area contributed by atoms with Crippen molar-refractivity contribution in [3.05, 3.63) is 42.5 Å². The summed E-state index contributed by atoms with van der Waals surface area (Å²) < 4.78 is 59.6. The van der Waals surface area contributed by atoms with Gasteiger partial charge in [0.15, 0.2) is 5.75 Å². The zero-order chi connectivity index (χ0) is 20.9. The second-order valence-corrected chi connectivity index (χ2v) is 6.28.